The molecule has 0 saturated heterocycles. The van der Waals surface area contributed by atoms with Crippen LogP contribution in [-0.2, 0) is 21.7 Å². The first-order valence-corrected chi connectivity index (χ1v) is 21.3. The van der Waals surface area contributed by atoms with Crippen molar-refractivity contribution >= 4 is 78.8 Å². The second kappa shape index (κ2) is 12.9. The maximum Gasteiger partial charge on any atom is 0.252 e. The van der Waals surface area contributed by atoms with Crippen molar-refractivity contribution in [1.29, 1.82) is 0 Å². The van der Waals surface area contributed by atoms with Crippen LogP contribution < -0.4 is 26.2 Å². The number of nitrogens with zero attached hydrogens (tertiary/aromatic N) is 2. The van der Waals surface area contributed by atoms with E-state index in [0.29, 0.717) is 0 Å². The summed E-state index contributed by atoms with van der Waals surface area (Å²) < 4.78 is 0. The monoisotopic (exact) mass is 758 g/mol. The molecule has 0 aliphatic carbocycles. The standard InChI is InChI=1S/C55H59BN2/c1-34-30-47-49-48(31-34)58(51-40-21-17-15-19-36(40)23-27-42(51)55(11,12)13)46-29-25-38(53(5,6)7)33-44(46)56(49)43-32-37(52(2,3)4)24-28-45(43)57(47)50-39-20-16-14-18-35(39)22-26-41(50)54(8,9)10/h14-33H,1-13H3. The van der Waals surface area contributed by atoms with Crippen molar-refractivity contribution in [3.8, 4) is 0 Å². The Hall–Kier alpha value is -5.28. The normalized spacial score (nSPS) is 14.2. The highest BCUT2D eigenvalue weighted by molar-refractivity contribution is 7.00. The molecule has 0 spiro atoms. The van der Waals surface area contributed by atoms with E-state index in [2.05, 4.69) is 221 Å². The Bertz CT molecular complexity index is 2610. The summed E-state index contributed by atoms with van der Waals surface area (Å²) in [6, 6.07) is 47.1. The van der Waals surface area contributed by atoms with Gasteiger partial charge in [0.25, 0.3) is 6.71 Å². The first-order valence-electron chi connectivity index (χ1n) is 21.3. The van der Waals surface area contributed by atoms with E-state index in [4.69, 9.17) is 0 Å². The van der Waals surface area contributed by atoms with Crippen LogP contribution in [0.3, 0.4) is 0 Å². The first-order chi connectivity index (χ1) is 27.2. The third-order valence-electron chi connectivity index (χ3n) is 12.8. The Kier molecular flexibility index (Phi) is 8.48. The minimum Gasteiger partial charge on any atom is -0.311 e. The molecule has 292 valence electrons. The molecule has 2 aliphatic rings. The predicted octanol–water partition coefficient (Wildman–Crippen LogP) is 13.6. The van der Waals surface area contributed by atoms with Crippen LogP contribution in [-0.4, -0.2) is 6.71 Å². The lowest BCUT2D eigenvalue weighted by atomic mass is 9.33. The molecule has 0 aromatic heterocycles. The van der Waals surface area contributed by atoms with Crippen molar-refractivity contribution in [3.05, 3.63) is 149 Å². The number of aryl methyl sites for hydroxylation is 1. The lowest BCUT2D eigenvalue weighted by Crippen LogP contribution is -2.62. The number of hydrogen-bond donors (Lipinski definition) is 0. The summed E-state index contributed by atoms with van der Waals surface area (Å²) in [5.74, 6) is 0. The Morgan fingerprint density at radius 3 is 1.17 bits per heavy atom. The fourth-order valence-corrected chi connectivity index (χ4v) is 9.76. The highest BCUT2D eigenvalue weighted by Crippen LogP contribution is 2.51. The van der Waals surface area contributed by atoms with E-state index in [0.717, 1.165) is 0 Å². The van der Waals surface area contributed by atoms with Crippen LogP contribution in [0.4, 0.5) is 34.1 Å². The summed E-state index contributed by atoms with van der Waals surface area (Å²) in [7, 11) is 0. The Morgan fingerprint density at radius 1 is 0.397 bits per heavy atom. The molecule has 0 atom stereocenters. The van der Waals surface area contributed by atoms with E-state index in [1.165, 1.54) is 99.9 Å². The molecule has 2 nitrogen and oxygen atoms in total. The van der Waals surface area contributed by atoms with Crippen molar-refractivity contribution in [1.82, 2.24) is 0 Å². The van der Waals surface area contributed by atoms with Crippen LogP contribution in [0.2, 0.25) is 0 Å². The average molecular weight is 759 g/mol. The number of fused-ring (bicyclic) bond motifs is 6. The van der Waals surface area contributed by atoms with Gasteiger partial charge >= 0.3 is 0 Å². The van der Waals surface area contributed by atoms with Crippen molar-refractivity contribution in [2.75, 3.05) is 9.80 Å². The molecule has 0 radical (unpaired) electrons. The maximum absolute atomic E-state index is 2.66. The molecule has 0 saturated carbocycles. The SMILES string of the molecule is Cc1cc2c3c(c1)N(c1c(C(C)(C)C)ccc4ccccc14)c1ccc(C(C)(C)C)cc1B3c1cc(C(C)(C)C)ccc1N2c1c(C(C)(C)C)ccc2ccccc12. The zero-order valence-corrected chi connectivity index (χ0v) is 37.0. The lowest BCUT2D eigenvalue weighted by molar-refractivity contribution is 0.590. The minimum absolute atomic E-state index is 0.0202. The van der Waals surface area contributed by atoms with Gasteiger partial charge in [-0.05, 0) is 108 Å². The van der Waals surface area contributed by atoms with Gasteiger partial charge in [-0.2, -0.15) is 0 Å². The quantitative estimate of drug-likeness (QED) is 0.162. The van der Waals surface area contributed by atoms with Gasteiger partial charge in [-0.1, -0.05) is 180 Å². The van der Waals surface area contributed by atoms with E-state index < -0.39 is 0 Å². The average Bonchev–Trinajstić information content (AvgIpc) is 3.15. The molecule has 2 heterocycles. The van der Waals surface area contributed by atoms with Crippen molar-refractivity contribution in [2.24, 2.45) is 0 Å². The van der Waals surface area contributed by atoms with Crippen molar-refractivity contribution in [3.63, 3.8) is 0 Å². The molecule has 9 rings (SSSR count). The maximum atomic E-state index is 2.66. The Labute approximate surface area is 348 Å². The largest absolute Gasteiger partial charge is 0.311 e. The molecule has 7 aromatic rings. The highest BCUT2D eigenvalue weighted by Gasteiger charge is 2.46. The highest BCUT2D eigenvalue weighted by atomic mass is 15.2. The molecule has 7 aromatic carbocycles. The van der Waals surface area contributed by atoms with Crippen molar-refractivity contribution < 1.29 is 0 Å². The Morgan fingerprint density at radius 2 is 0.793 bits per heavy atom. The first kappa shape index (κ1) is 38.3. The fourth-order valence-electron chi connectivity index (χ4n) is 9.76. The molecule has 58 heavy (non-hydrogen) atoms. The molecule has 0 N–H and O–H groups in total. The van der Waals surface area contributed by atoms with Gasteiger partial charge in [-0.25, -0.2) is 0 Å². The predicted molar refractivity (Wildman–Crippen MR) is 255 cm³/mol. The second-order valence-corrected chi connectivity index (χ2v) is 21.2. The van der Waals surface area contributed by atoms with E-state index in [1.807, 2.05) is 0 Å². The molecule has 0 amide bonds. The summed E-state index contributed by atoms with van der Waals surface area (Å²) in [6.45, 7) is 30.6. The van der Waals surface area contributed by atoms with Gasteiger partial charge in [-0.15, -0.1) is 0 Å². The summed E-state index contributed by atoms with van der Waals surface area (Å²) in [5.41, 5.74) is 18.2. The van der Waals surface area contributed by atoms with Gasteiger partial charge in [0, 0.05) is 33.5 Å². The second-order valence-electron chi connectivity index (χ2n) is 21.2. The number of hydrogen-bond acceptors (Lipinski definition) is 2. The van der Waals surface area contributed by atoms with E-state index in [1.54, 1.807) is 0 Å². The fraction of sp³-hybridized carbons (Fsp3) is 0.309. The molecular weight excluding hydrogens is 699 g/mol. The van der Waals surface area contributed by atoms with Gasteiger partial charge < -0.3 is 9.80 Å². The molecule has 0 fully saturated rings. The molecule has 0 bridgehead atoms. The van der Waals surface area contributed by atoms with Gasteiger partial charge in [0.05, 0.1) is 11.4 Å². The van der Waals surface area contributed by atoms with Crippen molar-refractivity contribution in [2.45, 2.75) is 112 Å². The lowest BCUT2D eigenvalue weighted by Gasteiger charge is -2.47. The van der Waals surface area contributed by atoms with E-state index in [9.17, 15) is 0 Å². The van der Waals surface area contributed by atoms with Crippen LogP contribution in [0.1, 0.15) is 111 Å². The van der Waals surface area contributed by atoms with Crippen LogP contribution in [0.25, 0.3) is 21.5 Å². The summed E-state index contributed by atoms with van der Waals surface area (Å²) >= 11 is 0. The van der Waals surface area contributed by atoms with Crippen LogP contribution in [0, 0.1) is 6.92 Å². The third kappa shape index (κ3) is 5.99. The number of anilines is 6. The van der Waals surface area contributed by atoms with Gasteiger partial charge in [-0.3, -0.25) is 0 Å². The summed E-state index contributed by atoms with van der Waals surface area (Å²) in [6.07, 6.45) is 0. The smallest absolute Gasteiger partial charge is 0.252 e. The van der Waals surface area contributed by atoms with Crippen LogP contribution >= 0.6 is 0 Å². The zero-order valence-electron chi connectivity index (χ0n) is 37.0. The van der Waals surface area contributed by atoms with Crippen LogP contribution in [0.15, 0.2) is 121 Å². The molecular formula is C55H59BN2. The zero-order chi connectivity index (χ0) is 41.3. The minimum atomic E-state index is -0.101. The van der Waals surface area contributed by atoms with Gasteiger partial charge in [0.15, 0.2) is 0 Å². The summed E-state index contributed by atoms with van der Waals surface area (Å²) in [5, 5.41) is 5.08. The van der Waals surface area contributed by atoms with Crippen LogP contribution in [0.5, 0.6) is 0 Å². The summed E-state index contributed by atoms with van der Waals surface area (Å²) in [4.78, 5) is 5.33. The topological polar surface area (TPSA) is 6.48 Å². The third-order valence-corrected chi connectivity index (χ3v) is 12.8. The number of benzene rings is 7. The van der Waals surface area contributed by atoms with Gasteiger partial charge in [0.1, 0.15) is 0 Å². The molecule has 0 unspecified atom stereocenters. The van der Waals surface area contributed by atoms with E-state index in [-0.39, 0.29) is 28.4 Å². The van der Waals surface area contributed by atoms with Gasteiger partial charge in [0.2, 0.25) is 0 Å². The molecule has 2 aliphatic heterocycles. The Balaban J connectivity index is 1.49. The molecule has 3 heteroatoms. The van der Waals surface area contributed by atoms with E-state index >= 15 is 0 Å². The number of rotatable bonds is 2.